The molecule has 1 fully saturated rings. The molecule has 1 saturated carbocycles. The van der Waals surface area contributed by atoms with Crippen molar-refractivity contribution >= 4 is 8.07 Å². The van der Waals surface area contributed by atoms with E-state index in [-0.39, 0.29) is 0 Å². The van der Waals surface area contributed by atoms with E-state index >= 15 is 0 Å². The molecule has 0 amide bonds. The Hall–Kier alpha value is -2.38. The molecule has 0 bridgehead atoms. The molecule has 2 aromatic rings. The Morgan fingerprint density at radius 3 is 1.61 bits per heavy atom. The normalized spacial score (nSPS) is 29.0. The van der Waals surface area contributed by atoms with E-state index in [9.17, 15) is 0 Å². The molecule has 0 spiro atoms. The quantitative estimate of drug-likeness (QED) is 0.242. The van der Waals surface area contributed by atoms with E-state index in [2.05, 4.69) is 111 Å². The number of hydrogen-bond acceptors (Lipinski definition) is 0. The van der Waals surface area contributed by atoms with Gasteiger partial charge in [-0.15, -0.1) is 0 Å². The van der Waals surface area contributed by atoms with Crippen LogP contribution >= 0.6 is 0 Å². The number of hydrogen-bond donors (Lipinski definition) is 0. The summed E-state index contributed by atoms with van der Waals surface area (Å²) in [4.78, 5) is 0. The largest absolute Gasteiger partial charge is 0.0808 e. The van der Waals surface area contributed by atoms with Crippen molar-refractivity contribution in [1.82, 2.24) is 0 Å². The highest BCUT2D eigenvalue weighted by Crippen LogP contribution is 2.64. The molecular formula is C35H42Si. The summed E-state index contributed by atoms with van der Waals surface area (Å²) in [6, 6.07) is 20.3. The molecule has 0 nitrogen and oxygen atoms in total. The predicted octanol–water partition coefficient (Wildman–Crippen LogP) is 9.88. The van der Waals surface area contributed by atoms with Crippen LogP contribution in [0.15, 0.2) is 97.1 Å². The van der Waals surface area contributed by atoms with Crippen LogP contribution in [0, 0.1) is 23.7 Å². The molecule has 4 aliphatic carbocycles. The van der Waals surface area contributed by atoms with E-state index in [1.807, 2.05) is 0 Å². The summed E-state index contributed by atoms with van der Waals surface area (Å²) in [5, 5.41) is 0. The monoisotopic (exact) mass is 490 g/mol. The number of rotatable bonds is 9. The first-order valence-electron chi connectivity index (χ1n) is 14.6. The van der Waals surface area contributed by atoms with Gasteiger partial charge in [0.1, 0.15) is 0 Å². The van der Waals surface area contributed by atoms with Crippen molar-refractivity contribution in [3.05, 3.63) is 108 Å². The molecule has 0 aliphatic heterocycles. The fraction of sp³-hybridized carbons (Fsp3) is 0.429. The SMILES string of the molecule is CCCCCCCC[Si@](C)(C1c2ccccc2-c2ccccc21)C1C2C=CC=CC2C2C=CC=CC21. The van der Waals surface area contributed by atoms with Gasteiger partial charge in [0.25, 0.3) is 0 Å². The molecule has 2 aromatic carbocycles. The van der Waals surface area contributed by atoms with E-state index in [0.29, 0.717) is 29.2 Å². The summed E-state index contributed by atoms with van der Waals surface area (Å²) in [6.45, 7) is 5.15. The maximum absolute atomic E-state index is 2.82. The molecule has 6 rings (SSSR count). The molecule has 0 saturated heterocycles. The minimum atomic E-state index is -1.84. The van der Waals surface area contributed by atoms with Gasteiger partial charge < -0.3 is 0 Å². The molecule has 5 atom stereocenters. The van der Waals surface area contributed by atoms with E-state index in [1.54, 1.807) is 11.1 Å². The summed E-state index contributed by atoms with van der Waals surface area (Å²) in [7, 11) is -1.84. The van der Waals surface area contributed by atoms with Gasteiger partial charge in [0, 0.05) is 5.54 Å². The third kappa shape index (κ3) is 3.95. The topological polar surface area (TPSA) is 0 Å². The lowest BCUT2D eigenvalue weighted by molar-refractivity contribution is 0.461. The first-order valence-corrected chi connectivity index (χ1v) is 17.5. The molecule has 0 aromatic heterocycles. The molecule has 0 N–H and O–H groups in total. The third-order valence-corrected chi connectivity index (χ3v) is 15.7. The van der Waals surface area contributed by atoms with Gasteiger partial charge in [-0.2, -0.15) is 0 Å². The first-order chi connectivity index (χ1) is 17.7. The standard InChI is InChI=1S/C35H42Si/c1-3-4-5-6-7-16-25-36(2,34-30-21-12-8-17-26(30)27-18-9-13-22-31(27)34)35-32-23-14-10-19-28(32)29-20-11-15-24-33(29)35/h8-15,17-24,26-27,30-31,34-35H,3-7,16,25H2,1-2H3/t26?,27?,30?,31?,34?,36-/m0/s1. The lowest BCUT2D eigenvalue weighted by Gasteiger charge is -2.45. The zero-order valence-electron chi connectivity index (χ0n) is 22.2. The summed E-state index contributed by atoms with van der Waals surface area (Å²) in [5.74, 6) is 2.67. The Morgan fingerprint density at radius 2 is 1.06 bits per heavy atom. The zero-order valence-corrected chi connectivity index (χ0v) is 23.2. The average Bonchev–Trinajstić information content (AvgIpc) is 3.45. The van der Waals surface area contributed by atoms with Gasteiger partial charge in [-0.1, -0.05) is 155 Å². The van der Waals surface area contributed by atoms with Crippen molar-refractivity contribution in [3.63, 3.8) is 0 Å². The predicted molar refractivity (Wildman–Crippen MR) is 158 cm³/mol. The third-order valence-electron chi connectivity index (χ3n) is 10.0. The smallest absolute Gasteiger partial charge is 0.0677 e. The Bertz CT molecular complexity index is 1120. The average molecular weight is 491 g/mol. The highest BCUT2D eigenvalue weighted by molar-refractivity contribution is 6.82. The van der Waals surface area contributed by atoms with Crippen LogP contribution in [0.5, 0.6) is 0 Å². The van der Waals surface area contributed by atoms with E-state index in [1.165, 1.54) is 55.7 Å². The van der Waals surface area contributed by atoms with Gasteiger partial charge >= 0.3 is 0 Å². The second-order valence-electron chi connectivity index (χ2n) is 12.0. The second kappa shape index (κ2) is 10.2. The second-order valence-corrected chi connectivity index (χ2v) is 16.8. The fourth-order valence-corrected chi connectivity index (χ4v) is 14.9. The van der Waals surface area contributed by atoms with Gasteiger partial charge in [0.2, 0.25) is 0 Å². The van der Waals surface area contributed by atoms with Gasteiger partial charge in [-0.3, -0.25) is 0 Å². The maximum Gasteiger partial charge on any atom is 0.0677 e. The number of allylic oxidation sites excluding steroid dienone is 8. The van der Waals surface area contributed by atoms with Crippen LogP contribution in [0.2, 0.25) is 18.1 Å². The van der Waals surface area contributed by atoms with E-state index in [0.717, 1.165) is 5.54 Å². The van der Waals surface area contributed by atoms with Crippen LogP contribution in [0.3, 0.4) is 0 Å². The highest BCUT2D eigenvalue weighted by Gasteiger charge is 2.58. The molecule has 36 heavy (non-hydrogen) atoms. The molecule has 1 heteroatoms. The van der Waals surface area contributed by atoms with Crippen LogP contribution in [0.4, 0.5) is 0 Å². The van der Waals surface area contributed by atoms with Crippen LogP contribution in [-0.2, 0) is 0 Å². The van der Waals surface area contributed by atoms with Crippen LogP contribution in [0.1, 0.15) is 62.1 Å². The van der Waals surface area contributed by atoms with Crippen molar-refractivity contribution in [3.8, 4) is 11.1 Å². The lowest BCUT2D eigenvalue weighted by Crippen LogP contribution is -2.47. The van der Waals surface area contributed by atoms with Crippen molar-refractivity contribution < 1.29 is 0 Å². The van der Waals surface area contributed by atoms with Crippen LogP contribution in [-0.4, -0.2) is 8.07 Å². The van der Waals surface area contributed by atoms with Crippen molar-refractivity contribution in [2.45, 2.75) is 69.1 Å². The van der Waals surface area contributed by atoms with E-state index in [4.69, 9.17) is 0 Å². The molecule has 0 radical (unpaired) electrons. The van der Waals surface area contributed by atoms with Gasteiger partial charge in [-0.05, 0) is 51.5 Å². The first kappa shape index (κ1) is 24.0. The minimum Gasteiger partial charge on any atom is -0.0808 e. The van der Waals surface area contributed by atoms with Crippen molar-refractivity contribution in [2.24, 2.45) is 23.7 Å². The van der Waals surface area contributed by atoms with E-state index < -0.39 is 8.07 Å². The van der Waals surface area contributed by atoms with Crippen LogP contribution < -0.4 is 0 Å². The molecule has 4 aliphatic rings. The lowest BCUT2D eigenvalue weighted by atomic mass is 9.83. The number of fused-ring (bicyclic) bond motifs is 6. The van der Waals surface area contributed by atoms with Gasteiger partial charge in [0.05, 0.1) is 8.07 Å². The Labute approximate surface area is 219 Å². The summed E-state index contributed by atoms with van der Waals surface area (Å²) in [5.41, 5.74) is 7.64. The van der Waals surface area contributed by atoms with Gasteiger partial charge in [-0.25, -0.2) is 0 Å². The number of unbranched alkanes of at least 4 members (excludes halogenated alkanes) is 5. The molecule has 4 unspecified atom stereocenters. The Balaban J connectivity index is 1.43. The number of benzene rings is 2. The Kier molecular flexibility index (Phi) is 6.78. The summed E-state index contributed by atoms with van der Waals surface area (Å²) < 4.78 is 0. The summed E-state index contributed by atoms with van der Waals surface area (Å²) in [6.07, 6.45) is 28.0. The van der Waals surface area contributed by atoms with Crippen molar-refractivity contribution in [2.75, 3.05) is 0 Å². The minimum absolute atomic E-state index is 0.601. The summed E-state index contributed by atoms with van der Waals surface area (Å²) >= 11 is 0. The van der Waals surface area contributed by atoms with Crippen molar-refractivity contribution in [1.29, 1.82) is 0 Å². The molecule has 0 heterocycles. The van der Waals surface area contributed by atoms with Gasteiger partial charge in [0.15, 0.2) is 0 Å². The zero-order chi connectivity index (χ0) is 24.5. The fourth-order valence-electron chi connectivity index (χ4n) is 8.56. The molecular weight excluding hydrogens is 448 g/mol. The maximum atomic E-state index is 2.82. The Morgan fingerprint density at radius 1 is 0.583 bits per heavy atom. The van der Waals surface area contributed by atoms with Crippen LogP contribution in [0.25, 0.3) is 11.1 Å². The highest BCUT2D eigenvalue weighted by atomic mass is 28.3. The molecule has 186 valence electrons.